The summed E-state index contributed by atoms with van der Waals surface area (Å²) in [5.41, 5.74) is 6.74. The molecule has 0 aliphatic heterocycles. The summed E-state index contributed by atoms with van der Waals surface area (Å²) in [6.07, 6.45) is 6.74. The number of rotatable bonds is 4. The molecule has 0 spiro atoms. The molecule has 36 heavy (non-hydrogen) atoms. The van der Waals surface area contributed by atoms with Gasteiger partial charge in [0.1, 0.15) is 11.2 Å². The zero-order chi connectivity index (χ0) is 23.9. The van der Waals surface area contributed by atoms with Crippen molar-refractivity contribution in [3.05, 3.63) is 115 Å². The minimum atomic E-state index is 0.708. The molecule has 2 heteroatoms. The lowest BCUT2D eigenvalue weighted by molar-refractivity contribution is 0.443. The third-order valence-corrected chi connectivity index (χ3v) is 7.85. The predicted octanol–water partition coefficient (Wildman–Crippen LogP) is 10.3. The summed E-state index contributed by atoms with van der Waals surface area (Å²) in [6.45, 7) is 0. The lowest BCUT2D eigenvalue weighted by atomic mass is 9.84. The van der Waals surface area contributed by atoms with Gasteiger partial charge in [-0.05, 0) is 77.6 Å². The number of hydrogen-bond donors (Lipinski definition) is 0. The maximum absolute atomic E-state index is 6.39. The van der Waals surface area contributed by atoms with Gasteiger partial charge in [-0.3, -0.25) is 0 Å². The highest BCUT2D eigenvalue weighted by molar-refractivity contribution is 6.19. The van der Waals surface area contributed by atoms with Crippen LogP contribution in [0.25, 0.3) is 32.7 Å². The molecule has 1 aromatic heterocycles. The molecule has 0 radical (unpaired) electrons. The number of nitrogens with zero attached hydrogens (tertiary/aromatic N) is 1. The van der Waals surface area contributed by atoms with Crippen molar-refractivity contribution in [2.75, 3.05) is 4.90 Å². The second kappa shape index (κ2) is 8.87. The van der Waals surface area contributed by atoms with Crippen molar-refractivity contribution >= 4 is 49.8 Å². The highest BCUT2D eigenvalue weighted by Crippen LogP contribution is 2.41. The molecule has 0 atom stereocenters. The number of para-hydroxylation sites is 1. The Bertz CT molecular complexity index is 1660. The molecule has 6 aromatic rings. The first kappa shape index (κ1) is 21.3. The summed E-state index contributed by atoms with van der Waals surface area (Å²) < 4.78 is 6.39. The van der Waals surface area contributed by atoms with E-state index in [1.54, 1.807) is 0 Å². The molecule has 1 saturated carbocycles. The predicted molar refractivity (Wildman–Crippen MR) is 152 cm³/mol. The minimum Gasteiger partial charge on any atom is -0.456 e. The van der Waals surface area contributed by atoms with Gasteiger partial charge in [-0.1, -0.05) is 79.9 Å². The van der Waals surface area contributed by atoms with Gasteiger partial charge < -0.3 is 9.32 Å². The van der Waals surface area contributed by atoms with Gasteiger partial charge in [0.2, 0.25) is 0 Å². The molecule has 1 aliphatic rings. The van der Waals surface area contributed by atoms with Gasteiger partial charge in [-0.15, -0.1) is 0 Å². The van der Waals surface area contributed by atoms with Crippen LogP contribution in [0.1, 0.15) is 43.6 Å². The van der Waals surface area contributed by atoms with E-state index in [0.717, 1.165) is 27.9 Å². The van der Waals surface area contributed by atoms with E-state index in [0.29, 0.717) is 5.92 Å². The first-order valence-electron chi connectivity index (χ1n) is 13.1. The van der Waals surface area contributed by atoms with Crippen molar-refractivity contribution in [3.63, 3.8) is 0 Å². The smallest absolute Gasteiger partial charge is 0.137 e. The maximum Gasteiger partial charge on any atom is 0.137 e. The average Bonchev–Trinajstić information content (AvgIpc) is 3.33. The Morgan fingerprint density at radius 3 is 2.11 bits per heavy atom. The average molecular weight is 468 g/mol. The topological polar surface area (TPSA) is 16.4 Å². The Balaban J connectivity index is 1.35. The third kappa shape index (κ3) is 3.65. The van der Waals surface area contributed by atoms with Gasteiger partial charge in [0.25, 0.3) is 0 Å². The molecular weight excluding hydrogens is 438 g/mol. The quantitative estimate of drug-likeness (QED) is 0.256. The monoisotopic (exact) mass is 467 g/mol. The van der Waals surface area contributed by atoms with Crippen molar-refractivity contribution in [3.8, 4) is 0 Å². The first-order valence-corrected chi connectivity index (χ1v) is 13.1. The fraction of sp³-hybridized carbons (Fsp3) is 0.176. The standard InChI is InChI=1S/C34H29NO/c1-3-9-24(10-4-1)25-15-18-28(19-16-25)35(27-12-5-2-6-13-27)29-20-21-31-33(23-29)36-32-22-17-26-11-7-8-14-30(26)34(31)32/h2,5-8,11-24H,1,3-4,9-10H2. The fourth-order valence-electron chi connectivity index (χ4n) is 6.03. The number of benzene rings is 5. The molecule has 2 nitrogen and oxygen atoms in total. The van der Waals surface area contributed by atoms with Crippen LogP contribution in [0.15, 0.2) is 114 Å². The lowest BCUT2D eigenvalue weighted by Gasteiger charge is -2.27. The Hall–Kier alpha value is -4.04. The van der Waals surface area contributed by atoms with Crippen molar-refractivity contribution < 1.29 is 4.42 Å². The van der Waals surface area contributed by atoms with Crippen molar-refractivity contribution in [1.29, 1.82) is 0 Å². The van der Waals surface area contributed by atoms with E-state index in [1.165, 1.54) is 59.5 Å². The van der Waals surface area contributed by atoms with Gasteiger partial charge in [0.15, 0.2) is 0 Å². The van der Waals surface area contributed by atoms with Crippen LogP contribution in [0.5, 0.6) is 0 Å². The van der Waals surface area contributed by atoms with Crippen LogP contribution in [0.3, 0.4) is 0 Å². The van der Waals surface area contributed by atoms with E-state index >= 15 is 0 Å². The van der Waals surface area contributed by atoms with E-state index in [2.05, 4.69) is 114 Å². The van der Waals surface area contributed by atoms with Gasteiger partial charge in [-0.2, -0.15) is 0 Å². The van der Waals surface area contributed by atoms with Gasteiger partial charge in [-0.25, -0.2) is 0 Å². The van der Waals surface area contributed by atoms with Gasteiger partial charge in [0.05, 0.1) is 0 Å². The van der Waals surface area contributed by atoms with Crippen LogP contribution in [0, 0.1) is 0 Å². The van der Waals surface area contributed by atoms with Gasteiger partial charge in [0, 0.05) is 33.9 Å². The summed E-state index contributed by atoms with van der Waals surface area (Å²) in [7, 11) is 0. The van der Waals surface area contributed by atoms with E-state index in [-0.39, 0.29) is 0 Å². The number of fused-ring (bicyclic) bond motifs is 5. The van der Waals surface area contributed by atoms with E-state index in [4.69, 9.17) is 4.42 Å². The van der Waals surface area contributed by atoms with Crippen LogP contribution >= 0.6 is 0 Å². The Kier molecular flexibility index (Phi) is 5.24. The lowest BCUT2D eigenvalue weighted by Crippen LogP contribution is -2.10. The number of anilines is 3. The zero-order valence-electron chi connectivity index (χ0n) is 20.4. The molecule has 0 unspecified atom stereocenters. The Morgan fingerprint density at radius 1 is 0.556 bits per heavy atom. The molecule has 0 bridgehead atoms. The Labute approximate surface area is 211 Å². The van der Waals surface area contributed by atoms with Crippen LogP contribution in [0.2, 0.25) is 0 Å². The van der Waals surface area contributed by atoms with Crippen molar-refractivity contribution in [1.82, 2.24) is 0 Å². The fourth-order valence-corrected chi connectivity index (χ4v) is 6.03. The van der Waals surface area contributed by atoms with E-state index < -0.39 is 0 Å². The summed E-state index contributed by atoms with van der Waals surface area (Å²) in [5, 5.41) is 4.82. The SMILES string of the molecule is c1ccc(N(c2ccc(C3CCCCC3)cc2)c2ccc3c(c2)oc2ccc4ccccc4c23)cc1. The summed E-state index contributed by atoms with van der Waals surface area (Å²) in [6, 6.07) is 39.3. The zero-order valence-corrected chi connectivity index (χ0v) is 20.4. The summed E-state index contributed by atoms with van der Waals surface area (Å²) in [4.78, 5) is 2.33. The molecule has 0 N–H and O–H groups in total. The number of furan rings is 1. The summed E-state index contributed by atoms with van der Waals surface area (Å²) >= 11 is 0. The molecule has 7 rings (SSSR count). The van der Waals surface area contributed by atoms with Crippen LogP contribution in [0.4, 0.5) is 17.1 Å². The molecule has 0 amide bonds. The Morgan fingerprint density at radius 2 is 1.28 bits per heavy atom. The molecule has 176 valence electrons. The largest absolute Gasteiger partial charge is 0.456 e. The highest BCUT2D eigenvalue weighted by atomic mass is 16.3. The second-order valence-electron chi connectivity index (χ2n) is 10.0. The molecule has 1 fully saturated rings. The maximum atomic E-state index is 6.39. The van der Waals surface area contributed by atoms with Crippen molar-refractivity contribution in [2.45, 2.75) is 38.0 Å². The molecule has 1 heterocycles. The minimum absolute atomic E-state index is 0.708. The highest BCUT2D eigenvalue weighted by Gasteiger charge is 2.18. The summed E-state index contributed by atoms with van der Waals surface area (Å²) in [5.74, 6) is 0.708. The van der Waals surface area contributed by atoms with Crippen molar-refractivity contribution in [2.24, 2.45) is 0 Å². The molecule has 5 aromatic carbocycles. The van der Waals surface area contributed by atoms with E-state index in [9.17, 15) is 0 Å². The molecular formula is C34H29NO. The van der Waals surface area contributed by atoms with Crippen LogP contribution in [-0.4, -0.2) is 0 Å². The first-order chi connectivity index (χ1) is 17.8. The van der Waals surface area contributed by atoms with Gasteiger partial charge >= 0.3 is 0 Å². The normalized spacial score (nSPS) is 14.6. The molecule has 1 aliphatic carbocycles. The van der Waals surface area contributed by atoms with E-state index in [1.807, 2.05) is 0 Å². The molecule has 0 saturated heterocycles. The second-order valence-corrected chi connectivity index (χ2v) is 10.0. The number of hydrogen-bond acceptors (Lipinski definition) is 2. The van der Waals surface area contributed by atoms with Crippen LogP contribution < -0.4 is 4.90 Å². The third-order valence-electron chi connectivity index (χ3n) is 7.85. The van der Waals surface area contributed by atoms with Crippen LogP contribution in [-0.2, 0) is 0 Å².